The number of rotatable bonds is 11. The van der Waals surface area contributed by atoms with Crippen molar-refractivity contribution in [2.45, 2.75) is 19.4 Å². The van der Waals surface area contributed by atoms with Crippen molar-refractivity contribution in [2.75, 3.05) is 18.5 Å². The minimum Gasteiger partial charge on any atom is -0.494 e. The van der Waals surface area contributed by atoms with Gasteiger partial charge in [-0.25, -0.2) is 4.79 Å². The summed E-state index contributed by atoms with van der Waals surface area (Å²) in [4.78, 5) is 38.1. The average molecular weight is 438 g/mol. The first-order valence-electron chi connectivity index (χ1n) is 9.88. The van der Waals surface area contributed by atoms with E-state index < -0.39 is 12.0 Å². The smallest absolute Gasteiger partial charge is 0.329 e. The van der Waals surface area contributed by atoms with Gasteiger partial charge in [0.05, 0.1) is 11.5 Å². The van der Waals surface area contributed by atoms with Crippen LogP contribution in [0.4, 0.5) is 5.69 Å². The van der Waals surface area contributed by atoms with E-state index in [1.54, 1.807) is 66.0 Å². The van der Waals surface area contributed by atoms with E-state index in [0.717, 1.165) is 0 Å². The van der Waals surface area contributed by atoms with Crippen LogP contribution in [0.5, 0.6) is 5.75 Å². The lowest BCUT2D eigenvalue weighted by atomic mass is 10.0. The largest absolute Gasteiger partial charge is 0.494 e. The number of thiophene rings is 1. The zero-order chi connectivity index (χ0) is 22.1. The van der Waals surface area contributed by atoms with Crippen LogP contribution in [-0.2, 0) is 9.53 Å². The number of hydrogen-bond donors (Lipinski definition) is 1. The Hall–Kier alpha value is -3.45. The maximum Gasteiger partial charge on any atom is 0.329 e. The molecule has 0 bridgehead atoms. The van der Waals surface area contributed by atoms with Gasteiger partial charge in [0, 0.05) is 17.7 Å². The van der Waals surface area contributed by atoms with E-state index in [2.05, 4.69) is 5.32 Å². The van der Waals surface area contributed by atoms with Gasteiger partial charge in [-0.05, 0) is 42.6 Å². The van der Waals surface area contributed by atoms with E-state index in [-0.39, 0.29) is 24.6 Å². The number of esters is 1. The van der Waals surface area contributed by atoms with Gasteiger partial charge in [-0.15, -0.1) is 11.3 Å². The molecule has 0 aliphatic rings. The quantitative estimate of drug-likeness (QED) is 0.348. The highest BCUT2D eigenvalue weighted by molar-refractivity contribution is 7.12. The Labute approximate surface area is 184 Å². The zero-order valence-corrected chi connectivity index (χ0v) is 17.9. The highest BCUT2D eigenvalue weighted by Gasteiger charge is 2.25. The SMILES string of the molecule is CCOc1ccc(N[C@H](CC(=O)c2ccccc2)C(=O)OCC(=O)c2cccs2)cc1. The van der Waals surface area contributed by atoms with E-state index in [0.29, 0.717) is 28.5 Å². The van der Waals surface area contributed by atoms with Crippen molar-refractivity contribution in [2.24, 2.45) is 0 Å². The molecule has 1 aromatic heterocycles. The minimum atomic E-state index is -0.943. The summed E-state index contributed by atoms with van der Waals surface area (Å²) in [7, 11) is 0. The summed E-state index contributed by atoms with van der Waals surface area (Å²) in [5.74, 6) is -0.444. The predicted molar refractivity (Wildman–Crippen MR) is 120 cm³/mol. The van der Waals surface area contributed by atoms with Gasteiger partial charge in [0.2, 0.25) is 5.78 Å². The number of nitrogens with one attached hydrogen (secondary N) is 1. The van der Waals surface area contributed by atoms with E-state index in [4.69, 9.17) is 9.47 Å². The second-order valence-electron chi connectivity index (χ2n) is 6.66. The summed E-state index contributed by atoms with van der Waals surface area (Å²) in [6, 6.07) is 18.3. The van der Waals surface area contributed by atoms with Crippen LogP contribution < -0.4 is 10.1 Å². The number of Topliss-reactive ketones (excluding diaryl/α,β-unsaturated/α-hetero) is 2. The van der Waals surface area contributed by atoms with Crippen molar-refractivity contribution in [1.29, 1.82) is 0 Å². The van der Waals surface area contributed by atoms with Gasteiger partial charge >= 0.3 is 5.97 Å². The average Bonchev–Trinajstić information content (AvgIpc) is 3.34. The van der Waals surface area contributed by atoms with Crippen LogP contribution in [0.3, 0.4) is 0 Å². The molecule has 6 nitrogen and oxygen atoms in total. The minimum absolute atomic E-state index is 0.108. The number of hydrogen-bond acceptors (Lipinski definition) is 7. The molecule has 31 heavy (non-hydrogen) atoms. The molecule has 0 aliphatic carbocycles. The molecular weight excluding hydrogens is 414 g/mol. The molecule has 0 aliphatic heterocycles. The van der Waals surface area contributed by atoms with Crippen LogP contribution in [0.15, 0.2) is 72.1 Å². The van der Waals surface area contributed by atoms with Crippen LogP contribution in [0.25, 0.3) is 0 Å². The molecule has 160 valence electrons. The fraction of sp³-hybridized carbons (Fsp3) is 0.208. The Balaban J connectivity index is 1.70. The number of benzene rings is 2. The molecule has 0 amide bonds. The molecule has 0 saturated carbocycles. The highest BCUT2D eigenvalue weighted by Crippen LogP contribution is 2.19. The second kappa shape index (κ2) is 11.1. The van der Waals surface area contributed by atoms with Gasteiger partial charge < -0.3 is 14.8 Å². The number of carbonyl (C=O) groups excluding carboxylic acids is 3. The topological polar surface area (TPSA) is 81.7 Å². The maximum atomic E-state index is 12.7. The lowest BCUT2D eigenvalue weighted by molar-refractivity contribution is -0.143. The zero-order valence-electron chi connectivity index (χ0n) is 17.1. The predicted octanol–water partition coefficient (Wildman–Crippen LogP) is 4.63. The number of anilines is 1. The van der Waals surface area contributed by atoms with Gasteiger partial charge in [0.1, 0.15) is 11.8 Å². The van der Waals surface area contributed by atoms with Crippen molar-refractivity contribution in [3.63, 3.8) is 0 Å². The maximum absolute atomic E-state index is 12.7. The fourth-order valence-electron chi connectivity index (χ4n) is 2.88. The summed E-state index contributed by atoms with van der Waals surface area (Å²) < 4.78 is 10.7. The number of carbonyl (C=O) groups is 3. The Kier molecular flexibility index (Phi) is 7.95. The van der Waals surface area contributed by atoms with Crippen molar-refractivity contribution >= 4 is 34.6 Å². The lowest BCUT2D eigenvalue weighted by Crippen LogP contribution is -2.34. The molecule has 1 heterocycles. The summed E-state index contributed by atoms with van der Waals surface area (Å²) >= 11 is 1.28. The molecule has 0 spiro atoms. The standard InChI is InChI=1S/C24H23NO5S/c1-2-29-19-12-10-18(11-13-19)25-20(15-21(26)17-7-4-3-5-8-17)24(28)30-16-22(27)23-9-6-14-31-23/h3-14,20,25H,2,15-16H2,1H3/t20-/m1/s1. The van der Waals surface area contributed by atoms with Crippen molar-refractivity contribution in [3.8, 4) is 5.75 Å². The van der Waals surface area contributed by atoms with Crippen LogP contribution in [-0.4, -0.2) is 36.8 Å². The van der Waals surface area contributed by atoms with Crippen LogP contribution >= 0.6 is 11.3 Å². The van der Waals surface area contributed by atoms with Crippen LogP contribution in [0.2, 0.25) is 0 Å². The third-order valence-electron chi connectivity index (χ3n) is 4.42. The first kappa shape index (κ1) is 22.2. The summed E-state index contributed by atoms with van der Waals surface area (Å²) in [5.41, 5.74) is 1.14. The summed E-state index contributed by atoms with van der Waals surface area (Å²) in [5, 5.41) is 4.83. The number of ketones is 2. The molecule has 3 aromatic rings. The molecule has 0 saturated heterocycles. The van der Waals surface area contributed by atoms with E-state index in [1.165, 1.54) is 11.3 Å². The van der Waals surface area contributed by atoms with Gasteiger partial charge in [-0.2, -0.15) is 0 Å². The van der Waals surface area contributed by atoms with Gasteiger partial charge in [0.15, 0.2) is 12.4 Å². The van der Waals surface area contributed by atoms with Crippen molar-refractivity contribution < 1.29 is 23.9 Å². The van der Waals surface area contributed by atoms with Crippen LogP contribution in [0, 0.1) is 0 Å². The van der Waals surface area contributed by atoms with Gasteiger partial charge in [-0.1, -0.05) is 36.4 Å². The van der Waals surface area contributed by atoms with Crippen LogP contribution in [0.1, 0.15) is 33.4 Å². The van der Waals surface area contributed by atoms with E-state index >= 15 is 0 Å². The fourth-order valence-corrected chi connectivity index (χ4v) is 3.53. The molecule has 2 aromatic carbocycles. The van der Waals surface area contributed by atoms with Gasteiger partial charge in [-0.3, -0.25) is 9.59 Å². The molecule has 0 unspecified atom stereocenters. The Morgan fingerprint density at radius 1 is 0.935 bits per heavy atom. The van der Waals surface area contributed by atoms with Crippen molar-refractivity contribution in [3.05, 3.63) is 82.6 Å². The third kappa shape index (κ3) is 6.52. The highest BCUT2D eigenvalue weighted by atomic mass is 32.1. The van der Waals surface area contributed by atoms with Crippen molar-refractivity contribution in [1.82, 2.24) is 0 Å². The molecule has 3 rings (SSSR count). The van der Waals surface area contributed by atoms with Gasteiger partial charge in [0.25, 0.3) is 0 Å². The Morgan fingerprint density at radius 3 is 2.32 bits per heavy atom. The summed E-state index contributed by atoms with van der Waals surface area (Å²) in [6.45, 7) is 2.07. The first-order chi connectivity index (χ1) is 15.1. The molecule has 0 fully saturated rings. The second-order valence-corrected chi connectivity index (χ2v) is 7.60. The lowest BCUT2D eigenvalue weighted by Gasteiger charge is -2.18. The van der Waals surface area contributed by atoms with E-state index in [9.17, 15) is 14.4 Å². The van der Waals surface area contributed by atoms with E-state index in [1.807, 2.05) is 13.0 Å². The monoisotopic (exact) mass is 437 g/mol. The third-order valence-corrected chi connectivity index (χ3v) is 5.33. The molecule has 0 radical (unpaired) electrons. The first-order valence-corrected chi connectivity index (χ1v) is 10.8. The molecular formula is C24H23NO5S. The summed E-state index contributed by atoms with van der Waals surface area (Å²) in [6.07, 6.45) is -0.108. The normalized spacial score (nSPS) is 11.4. The number of ether oxygens (including phenoxy) is 2. The molecule has 7 heteroatoms. The Morgan fingerprint density at radius 2 is 1.68 bits per heavy atom. The Bertz CT molecular complexity index is 1000. The molecule has 1 atom stereocenters. The molecule has 1 N–H and O–H groups in total.